The molecule has 10 heteroatoms. The van der Waals surface area contributed by atoms with Gasteiger partial charge in [-0.1, -0.05) is 68.0 Å². The highest BCUT2D eigenvalue weighted by Gasteiger charge is 2.31. The maximum absolute atomic E-state index is 13.5. The number of benzene rings is 2. The summed E-state index contributed by atoms with van der Waals surface area (Å²) in [6, 6.07) is 11.3. The van der Waals surface area contributed by atoms with E-state index in [4.69, 9.17) is 16.3 Å². The third-order valence-corrected chi connectivity index (χ3v) is 8.79. The van der Waals surface area contributed by atoms with Gasteiger partial charge in [0, 0.05) is 36.6 Å². The van der Waals surface area contributed by atoms with E-state index in [1.807, 2.05) is 42.5 Å². The highest BCUT2D eigenvalue weighted by molar-refractivity contribution is 6.30. The summed E-state index contributed by atoms with van der Waals surface area (Å²) in [5, 5.41) is 6.39. The van der Waals surface area contributed by atoms with Gasteiger partial charge in [0.2, 0.25) is 11.8 Å². The van der Waals surface area contributed by atoms with E-state index >= 15 is 0 Å². The number of urea groups is 1. The van der Waals surface area contributed by atoms with Crippen LogP contribution in [0, 0.1) is 5.92 Å². The molecule has 0 bridgehead atoms. The van der Waals surface area contributed by atoms with E-state index in [1.54, 1.807) is 9.80 Å². The zero-order chi connectivity index (χ0) is 29.5. The minimum absolute atomic E-state index is 0.0998. The molecule has 5 rings (SSSR count). The number of rotatable bonds is 9. The lowest BCUT2D eigenvalue weighted by Crippen LogP contribution is -2.53. The first-order valence-electron chi connectivity index (χ1n) is 15.0. The van der Waals surface area contributed by atoms with Crippen molar-refractivity contribution in [2.24, 2.45) is 5.92 Å². The second-order valence-corrected chi connectivity index (χ2v) is 12.0. The molecule has 0 radical (unpaired) electrons. The fourth-order valence-corrected chi connectivity index (χ4v) is 6.36. The summed E-state index contributed by atoms with van der Waals surface area (Å²) >= 11 is 6.13. The average molecular weight is 595 g/mol. The molecular weight excluding hydrogens is 556 g/mol. The van der Waals surface area contributed by atoms with Crippen molar-refractivity contribution >= 4 is 35.7 Å². The van der Waals surface area contributed by atoms with Gasteiger partial charge >= 0.3 is 6.03 Å². The summed E-state index contributed by atoms with van der Waals surface area (Å²) in [7, 11) is 0. The predicted molar refractivity (Wildman–Crippen MR) is 159 cm³/mol. The molecule has 0 unspecified atom stereocenters. The summed E-state index contributed by atoms with van der Waals surface area (Å²) in [5.74, 6) is 0.611. The normalized spacial score (nSPS) is 18.1. The number of nitrogens with zero attached hydrogens (tertiary/aromatic N) is 2. The maximum atomic E-state index is 13.5. The van der Waals surface area contributed by atoms with Crippen molar-refractivity contribution in [2.75, 3.05) is 13.2 Å². The lowest BCUT2D eigenvalue weighted by Gasteiger charge is -2.29. The summed E-state index contributed by atoms with van der Waals surface area (Å²) in [4.78, 5) is 55.2. The molecule has 2 heterocycles. The molecule has 2 aromatic rings. The third kappa shape index (κ3) is 7.62. The van der Waals surface area contributed by atoms with Crippen LogP contribution in [0.3, 0.4) is 0 Å². The first kappa shape index (κ1) is 29.9. The van der Waals surface area contributed by atoms with Crippen LogP contribution in [0.25, 0.3) is 0 Å². The number of hydrogen-bond donors (Lipinski definition) is 2. The Balaban J connectivity index is 1.18. The Morgan fingerprint density at radius 1 is 0.952 bits per heavy atom. The van der Waals surface area contributed by atoms with Gasteiger partial charge in [0.25, 0.3) is 0 Å². The number of carbonyl (C=O) groups excluding carboxylic acids is 4. The van der Waals surface area contributed by atoms with Crippen molar-refractivity contribution in [3.05, 3.63) is 64.2 Å². The molecular formula is C32H39ClN4O5. The molecule has 1 aliphatic carbocycles. The van der Waals surface area contributed by atoms with E-state index in [1.165, 1.54) is 6.42 Å². The van der Waals surface area contributed by atoms with E-state index in [-0.39, 0.29) is 24.8 Å². The molecule has 42 heavy (non-hydrogen) atoms. The zero-order valence-electron chi connectivity index (χ0n) is 23.9. The van der Waals surface area contributed by atoms with Crippen molar-refractivity contribution in [3.8, 4) is 5.75 Å². The van der Waals surface area contributed by atoms with Crippen molar-refractivity contribution in [1.82, 2.24) is 20.4 Å². The van der Waals surface area contributed by atoms with Crippen LogP contribution in [0.15, 0.2) is 42.5 Å². The summed E-state index contributed by atoms with van der Waals surface area (Å²) in [6.07, 6.45) is 6.92. The third-order valence-electron chi connectivity index (χ3n) is 8.55. The van der Waals surface area contributed by atoms with Gasteiger partial charge in [-0.25, -0.2) is 4.79 Å². The highest BCUT2D eigenvalue weighted by Crippen LogP contribution is 2.29. The molecule has 0 spiro atoms. The Kier molecular flexibility index (Phi) is 10.00. The van der Waals surface area contributed by atoms with Crippen LogP contribution in [0.4, 0.5) is 4.79 Å². The number of halogens is 1. The molecule has 2 aliphatic heterocycles. The van der Waals surface area contributed by atoms with Gasteiger partial charge in [-0.05, 0) is 48.1 Å². The number of amides is 4. The summed E-state index contributed by atoms with van der Waals surface area (Å²) in [6.45, 7) is 2.16. The number of carbonyl (C=O) groups is 4. The minimum atomic E-state index is -0.832. The predicted octanol–water partition coefficient (Wildman–Crippen LogP) is 4.59. The molecule has 9 nitrogen and oxygen atoms in total. The standard InChI is InChI=1S/C32H39ClN4O5/c33-26-11-10-23-18-37(20-25(23)17-26)32(41)35-28(16-22-6-2-1-3-7-22)31(40)34-27(21-38)12-13-30(39)36-14-15-42-29-9-5-4-8-24(29)19-36/h4-5,8-11,17,21-22,27-28H,1-3,6-7,12-16,18-20H2,(H,34,40)(H,35,41)/t27-,28-/m0/s1. The van der Waals surface area contributed by atoms with Crippen LogP contribution in [0.2, 0.25) is 5.02 Å². The number of fused-ring (bicyclic) bond motifs is 2. The van der Waals surface area contributed by atoms with Crippen LogP contribution in [0.1, 0.15) is 68.1 Å². The lowest BCUT2D eigenvalue weighted by atomic mass is 9.84. The van der Waals surface area contributed by atoms with E-state index < -0.39 is 18.0 Å². The van der Waals surface area contributed by atoms with Crippen LogP contribution in [-0.4, -0.2) is 59.2 Å². The number of ether oxygens (including phenoxy) is 1. The van der Waals surface area contributed by atoms with Crippen molar-refractivity contribution < 1.29 is 23.9 Å². The molecule has 1 saturated carbocycles. The Labute approximate surface area is 251 Å². The van der Waals surface area contributed by atoms with Gasteiger partial charge in [-0.2, -0.15) is 0 Å². The van der Waals surface area contributed by atoms with E-state index in [0.29, 0.717) is 56.4 Å². The van der Waals surface area contributed by atoms with Crippen LogP contribution >= 0.6 is 11.6 Å². The van der Waals surface area contributed by atoms with Crippen molar-refractivity contribution in [2.45, 2.75) is 83.1 Å². The molecule has 2 N–H and O–H groups in total. The van der Waals surface area contributed by atoms with Gasteiger partial charge in [-0.3, -0.25) is 9.59 Å². The minimum Gasteiger partial charge on any atom is -0.491 e. The molecule has 224 valence electrons. The zero-order valence-corrected chi connectivity index (χ0v) is 24.6. The highest BCUT2D eigenvalue weighted by atomic mass is 35.5. The van der Waals surface area contributed by atoms with Crippen molar-refractivity contribution in [1.29, 1.82) is 0 Å². The van der Waals surface area contributed by atoms with Crippen LogP contribution < -0.4 is 15.4 Å². The molecule has 3 aliphatic rings. The SMILES string of the molecule is O=C[C@H](CCC(=O)N1CCOc2ccccc2C1)NC(=O)[C@H](CC1CCCCC1)NC(=O)N1Cc2ccc(Cl)cc2C1. The van der Waals surface area contributed by atoms with Crippen LogP contribution in [-0.2, 0) is 34.0 Å². The Morgan fingerprint density at radius 2 is 1.71 bits per heavy atom. The smallest absolute Gasteiger partial charge is 0.318 e. The fourth-order valence-electron chi connectivity index (χ4n) is 6.17. The molecule has 4 amide bonds. The maximum Gasteiger partial charge on any atom is 0.318 e. The molecule has 1 fully saturated rings. The van der Waals surface area contributed by atoms with Gasteiger partial charge in [0.05, 0.1) is 12.6 Å². The largest absolute Gasteiger partial charge is 0.491 e. The van der Waals surface area contributed by atoms with Gasteiger partial charge < -0.3 is 30.0 Å². The van der Waals surface area contributed by atoms with E-state index in [2.05, 4.69) is 10.6 Å². The second-order valence-electron chi connectivity index (χ2n) is 11.6. The Hall–Kier alpha value is -3.59. The lowest BCUT2D eigenvalue weighted by molar-refractivity contribution is -0.132. The quantitative estimate of drug-likeness (QED) is 0.413. The molecule has 2 atom stereocenters. The van der Waals surface area contributed by atoms with Gasteiger partial charge in [-0.15, -0.1) is 0 Å². The van der Waals surface area contributed by atoms with Gasteiger partial charge in [0.1, 0.15) is 24.7 Å². The summed E-state index contributed by atoms with van der Waals surface area (Å²) in [5.41, 5.74) is 2.97. The van der Waals surface area contributed by atoms with Crippen molar-refractivity contribution in [3.63, 3.8) is 0 Å². The first-order chi connectivity index (χ1) is 20.4. The number of para-hydroxylation sites is 1. The van der Waals surface area contributed by atoms with E-state index in [9.17, 15) is 19.2 Å². The number of hydrogen-bond acceptors (Lipinski definition) is 5. The molecule has 2 aromatic carbocycles. The topological polar surface area (TPSA) is 108 Å². The van der Waals surface area contributed by atoms with Crippen LogP contribution in [0.5, 0.6) is 5.75 Å². The Morgan fingerprint density at radius 3 is 2.52 bits per heavy atom. The van der Waals surface area contributed by atoms with Gasteiger partial charge in [0.15, 0.2) is 0 Å². The molecule has 0 saturated heterocycles. The summed E-state index contributed by atoms with van der Waals surface area (Å²) < 4.78 is 5.76. The number of aldehydes is 1. The van der Waals surface area contributed by atoms with E-state index in [0.717, 1.165) is 48.1 Å². The Bertz CT molecular complexity index is 1300. The fraction of sp³-hybridized carbons (Fsp3) is 0.500. The monoisotopic (exact) mass is 594 g/mol. The number of nitrogens with one attached hydrogen (secondary N) is 2. The first-order valence-corrected chi connectivity index (χ1v) is 15.3. The average Bonchev–Trinajstić information content (AvgIpc) is 3.30. The second kappa shape index (κ2) is 14.1. The molecule has 0 aromatic heterocycles.